The maximum Gasteiger partial charge on any atom is 0.310 e. The van der Waals surface area contributed by atoms with E-state index in [0.717, 1.165) is 17.9 Å². The molecule has 0 spiro atoms. The third-order valence-corrected chi connectivity index (χ3v) is 3.35. The van der Waals surface area contributed by atoms with Crippen LogP contribution in [0.1, 0.15) is 18.4 Å². The van der Waals surface area contributed by atoms with Crippen molar-refractivity contribution in [3.8, 4) is 5.75 Å². The first-order chi connectivity index (χ1) is 8.76. The lowest BCUT2D eigenvalue weighted by atomic mass is 9.89. The Morgan fingerprint density at radius 1 is 1.33 bits per heavy atom. The molecule has 98 valence electrons. The van der Waals surface area contributed by atoms with Crippen molar-refractivity contribution in [2.75, 3.05) is 26.8 Å². The lowest BCUT2D eigenvalue weighted by Crippen LogP contribution is -2.24. The van der Waals surface area contributed by atoms with E-state index in [2.05, 4.69) is 5.32 Å². The largest absolute Gasteiger partial charge is 0.497 e. The maximum absolute atomic E-state index is 11.9. The van der Waals surface area contributed by atoms with Crippen molar-refractivity contribution in [3.05, 3.63) is 29.8 Å². The van der Waals surface area contributed by atoms with Gasteiger partial charge in [-0.05, 0) is 24.6 Å². The molecule has 1 aliphatic rings. The Bertz CT molecular complexity index is 402. The summed E-state index contributed by atoms with van der Waals surface area (Å²) in [5.41, 5.74) is 1.15. The van der Waals surface area contributed by atoms with Crippen molar-refractivity contribution in [2.24, 2.45) is 5.92 Å². The van der Waals surface area contributed by atoms with E-state index in [1.165, 1.54) is 0 Å². The average molecular weight is 249 g/mol. The van der Waals surface area contributed by atoms with Gasteiger partial charge in [-0.25, -0.2) is 0 Å². The molecule has 0 saturated carbocycles. The van der Waals surface area contributed by atoms with E-state index in [1.54, 1.807) is 7.11 Å². The standard InChI is InChI=1S/C14H19NO3/c1-3-18-14(16)13-9-15-8-12(13)10-4-6-11(17-2)7-5-10/h4-7,12-13,15H,3,8-9H2,1-2H3. The van der Waals surface area contributed by atoms with Crippen molar-refractivity contribution in [2.45, 2.75) is 12.8 Å². The zero-order valence-electron chi connectivity index (χ0n) is 10.8. The first-order valence-corrected chi connectivity index (χ1v) is 6.27. The fourth-order valence-corrected chi connectivity index (χ4v) is 2.38. The van der Waals surface area contributed by atoms with E-state index in [0.29, 0.717) is 13.2 Å². The summed E-state index contributed by atoms with van der Waals surface area (Å²) >= 11 is 0. The van der Waals surface area contributed by atoms with E-state index < -0.39 is 0 Å². The normalized spacial score (nSPS) is 22.8. The smallest absolute Gasteiger partial charge is 0.310 e. The molecule has 2 rings (SSSR count). The molecule has 0 amide bonds. The molecule has 1 heterocycles. The molecule has 1 saturated heterocycles. The molecule has 1 N–H and O–H groups in total. The van der Waals surface area contributed by atoms with Gasteiger partial charge in [0.25, 0.3) is 0 Å². The van der Waals surface area contributed by atoms with Gasteiger partial charge in [-0.1, -0.05) is 12.1 Å². The number of ether oxygens (including phenoxy) is 2. The summed E-state index contributed by atoms with van der Waals surface area (Å²) in [5.74, 6) is 0.828. The van der Waals surface area contributed by atoms with Gasteiger partial charge in [0.05, 0.1) is 19.6 Å². The van der Waals surface area contributed by atoms with Gasteiger partial charge in [0.2, 0.25) is 0 Å². The van der Waals surface area contributed by atoms with Crippen LogP contribution < -0.4 is 10.1 Å². The lowest BCUT2D eigenvalue weighted by Gasteiger charge is -2.17. The lowest BCUT2D eigenvalue weighted by molar-refractivity contribution is -0.147. The van der Waals surface area contributed by atoms with Gasteiger partial charge >= 0.3 is 5.97 Å². The molecule has 4 nitrogen and oxygen atoms in total. The molecular formula is C14H19NO3. The highest BCUT2D eigenvalue weighted by Crippen LogP contribution is 2.30. The van der Waals surface area contributed by atoms with Crippen LogP contribution in [0, 0.1) is 5.92 Å². The molecule has 18 heavy (non-hydrogen) atoms. The number of esters is 1. The van der Waals surface area contributed by atoms with Gasteiger partial charge in [-0.15, -0.1) is 0 Å². The molecule has 2 atom stereocenters. The van der Waals surface area contributed by atoms with E-state index in [-0.39, 0.29) is 17.8 Å². The SMILES string of the molecule is CCOC(=O)C1CNCC1c1ccc(OC)cc1. The molecule has 4 heteroatoms. The zero-order chi connectivity index (χ0) is 13.0. The van der Waals surface area contributed by atoms with E-state index in [9.17, 15) is 4.79 Å². The van der Waals surface area contributed by atoms with Crippen molar-refractivity contribution < 1.29 is 14.3 Å². The zero-order valence-corrected chi connectivity index (χ0v) is 10.8. The molecule has 0 bridgehead atoms. The van der Waals surface area contributed by atoms with Crippen LogP contribution in [0.2, 0.25) is 0 Å². The minimum Gasteiger partial charge on any atom is -0.497 e. The highest BCUT2D eigenvalue weighted by Gasteiger charge is 2.34. The van der Waals surface area contributed by atoms with Crippen molar-refractivity contribution in [3.63, 3.8) is 0 Å². The summed E-state index contributed by atoms with van der Waals surface area (Å²) in [4.78, 5) is 11.9. The van der Waals surface area contributed by atoms with Crippen LogP contribution in [-0.2, 0) is 9.53 Å². The van der Waals surface area contributed by atoms with E-state index in [4.69, 9.17) is 9.47 Å². The summed E-state index contributed by atoms with van der Waals surface area (Å²) in [6.07, 6.45) is 0. The fraction of sp³-hybridized carbons (Fsp3) is 0.500. The number of hydrogen-bond acceptors (Lipinski definition) is 4. The fourth-order valence-electron chi connectivity index (χ4n) is 2.38. The van der Waals surface area contributed by atoms with Crippen LogP contribution in [0.15, 0.2) is 24.3 Å². The van der Waals surface area contributed by atoms with Crippen molar-refractivity contribution in [1.82, 2.24) is 5.32 Å². The molecule has 2 unspecified atom stereocenters. The monoisotopic (exact) mass is 249 g/mol. The number of hydrogen-bond donors (Lipinski definition) is 1. The third kappa shape index (κ3) is 2.64. The van der Waals surface area contributed by atoms with Crippen LogP contribution >= 0.6 is 0 Å². The Hall–Kier alpha value is -1.55. The molecule has 1 aromatic rings. The number of carbonyl (C=O) groups excluding carboxylic acids is 1. The second kappa shape index (κ2) is 5.87. The summed E-state index contributed by atoms with van der Waals surface area (Å²) in [6.45, 7) is 3.78. The molecule has 0 aliphatic carbocycles. The number of carbonyl (C=O) groups is 1. The molecule has 1 fully saturated rings. The highest BCUT2D eigenvalue weighted by atomic mass is 16.5. The highest BCUT2D eigenvalue weighted by molar-refractivity contribution is 5.74. The van der Waals surface area contributed by atoms with Gasteiger partial charge < -0.3 is 14.8 Å². The van der Waals surface area contributed by atoms with Gasteiger partial charge in [-0.2, -0.15) is 0 Å². The number of benzene rings is 1. The van der Waals surface area contributed by atoms with Crippen LogP contribution in [0.25, 0.3) is 0 Å². The second-order valence-corrected chi connectivity index (χ2v) is 4.40. The Balaban J connectivity index is 2.12. The van der Waals surface area contributed by atoms with Crippen LogP contribution in [0.5, 0.6) is 5.75 Å². The van der Waals surface area contributed by atoms with Gasteiger partial charge in [0.15, 0.2) is 0 Å². The van der Waals surface area contributed by atoms with Crippen molar-refractivity contribution >= 4 is 5.97 Å². The Morgan fingerprint density at radius 2 is 2.06 bits per heavy atom. The average Bonchev–Trinajstić information content (AvgIpc) is 2.88. The minimum absolute atomic E-state index is 0.0849. The van der Waals surface area contributed by atoms with E-state index >= 15 is 0 Å². The summed E-state index contributed by atoms with van der Waals surface area (Å²) < 4.78 is 10.3. The summed E-state index contributed by atoms with van der Waals surface area (Å²) in [7, 11) is 1.65. The number of methoxy groups -OCH3 is 1. The predicted molar refractivity (Wildman–Crippen MR) is 68.7 cm³/mol. The van der Waals surface area contributed by atoms with Gasteiger partial charge in [-0.3, -0.25) is 4.79 Å². The summed E-state index contributed by atoms with van der Waals surface area (Å²) in [6, 6.07) is 7.89. The predicted octanol–water partition coefficient (Wildman–Crippen LogP) is 1.56. The molecule has 1 aliphatic heterocycles. The van der Waals surface area contributed by atoms with Crippen LogP contribution in [0.4, 0.5) is 0 Å². The van der Waals surface area contributed by atoms with Gasteiger partial charge in [0, 0.05) is 19.0 Å². The number of nitrogens with one attached hydrogen (secondary N) is 1. The molecule has 0 aromatic heterocycles. The quantitative estimate of drug-likeness (QED) is 0.823. The third-order valence-electron chi connectivity index (χ3n) is 3.35. The topological polar surface area (TPSA) is 47.6 Å². The first kappa shape index (κ1) is 12.9. The molecule has 0 radical (unpaired) electrons. The minimum atomic E-state index is -0.108. The van der Waals surface area contributed by atoms with E-state index in [1.807, 2.05) is 31.2 Å². The maximum atomic E-state index is 11.9. The van der Waals surface area contributed by atoms with Crippen LogP contribution in [0.3, 0.4) is 0 Å². The Labute approximate surface area is 107 Å². The summed E-state index contributed by atoms with van der Waals surface area (Å²) in [5, 5.41) is 3.26. The van der Waals surface area contributed by atoms with Crippen molar-refractivity contribution in [1.29, 1.82) is 0 Å². The molecule has 1 aromatic carbocycles. The van der Waals surface area contributed by atoms with Gasteiger partial charge in [0.1, 0.15) is 5.75 Å². The first-order valence-electron chi connectivity index (χ1n) is 6.27. The Kier molecular flexibility index (Phi) is 4.20. The second-order valence-electron chi connectivity index (χ2n) is 4.40. The Morgan fingerprint density at radius 3 is 2.67 bits per heavy atom. The number of rotatable bonds is 4. The van der Waals surface area contributed by atoms with Crippen LogP contribution in [-0.4, -0.2) is 32.8 Å². The molecular weight excluding hydrogens is 230 g/mol.